The Kier molecular flexibility index (Phi) is 4.54. The van der Waals surface area contributed by atoms with E-state index in [2.05, 4.69) is 4.98 Å². The maximum atomic E-state index is 12.6. The molecule has 0 aromatic carbocycles. The van der Waals surface area contributed by atoms with Crippen LogP contribution in [-0.2, 0) is 10.0 Å². The van der Waals surface area contributed by atoms with E-state index in [1.165, 1.54) is 21.8 Å². The maximum Gasteiger partial charge on any atom is 0.254 e. The maximum absolute atomic E-state index is 12.6. The van der Waals surface area contributed by atoms with E-state index in [4.69, 9.17) is 18.0 Å². The summed E-state index contributed by atoms with van der Waals surface area (Å²) in [5.41, 5.74) is 5.55. The minimum atomic E-state index is -3.54. The fourth-order valence-corrected chi connectivity index (χ4v) is 5.46. The number of hydrogen-bond donors (Lipinski definition) is 1. The molecule has 1 fully saturated rings. The van der Waals surface area contributed by atoms with Crippen LogP contribution >= 0.6 is 23.6 Å². The highest BCUT2D eigenvalue weighted by molar-refractivity contribution is 7.91. The number of thiazole rings is 1. The Balaban J connectivity index is 2.33. The predicted octanol–water partition coefficient (Wildman–Crippen LogP) is 1.67. The number of thiocarbonyl (C=S) groups is 1. The van der Waals surface area contributed by atoms with E-state index in [9.17, 15) is 8.42 Å². The molecule has 106 valence electrons. The lowest BCUT2D eigenvalue weighted by Gasteiger charge is -2.26. The van der Waals surface area contributed by atoms with Gasteiger partial charge in [0, 0.05) is 6.04 Å². The van der Waals surface area contributed by atoms with Gasteiger partial charge in [0.05, 0.1) is 22.7 Å². The molecule has 0 atom stereocenters. The van der Waals surface area contributed by atoms with Gasteiger partial charge >= 0.3 is 0 Å². The first-order valence-electron chi connectivity index (χ1n) is 6.14. The van der Waals surface area contributed by atoms with Gasteiger partial charge in [-0.1, -0.05) is 25.1 Å². The fraction of sp³-hybridized carbons (Fsp3) is 0.636. The molecule has 2 N–H and O–H groups in total. The molecule has 2 rings (SSSR count). The zero-order chi connectivity index (χ0) is 14.0. The van der Waals surface area contributed by atoms with E-state index >= 15 is 0 Å². The number of sulfonamides is 1. The van der Waals surface area contributed by atoms with Gasteiger partial charge in [0.15, 0.2) is 4.21 Å². The van der Waals surface area contributed by atoms with Crippen molar-refractivity contribution in [2.45, 2.75) is 42.9 Å². The van der Waals surface area contributed by atoms with Gasteiger partial charge in [0.2, 0.25) is 0 Å². The smallest absolute Gasteiger partial charge is 0.254 e. The largest absolute Gasteiger partial charge is 0.392 e. The van der Waals surface area contributed by atoms with Crippen molar-refractivity contribution in [2.24, 2.45) is 5.73 Å². The number of nitrogens with zero attached hydrogens (tertiary/aromatic N) is 2. The highest BCUT2D eigenvalue weighted by Crippen LogP contribution is 2.30. The van der Waals surface area contributed by atoms with Gasteiger partial charge in [-0.2, -0.15) is 4.31 Å². The minimum absolute atomic E-state index is 0.00825. The average molecular weight is 319 g/mol. The third-order valence-electron chi connectivity index (χ3n) is 3.21. The van der Waals surface area contributed by atoms with Gasteiger partial charge in [-0.15, -0.1) is 11.3 Å². The van der Waals surface area contributed by atoms with Gasteiger partial charge in [-0.3, -0.25) is 0 Å². The van der Waals surface area contributed by atoms with Crippen LogP contribution in [0.25, 0.3) is 0 Å². The monoisotopic (exact) mass is 319 g/mol. The first kappa shape index (κ1) is 14.8. The van der Waals surface area contributed by atoms with Crippen LogP contribution in [0.4, 0.5) is 0 Å². The van der Waals surface area contributed by atoms with Crippen molar-refractivity contribution in [2.75, 3.05) is 6.54 Å². The SMILES string of the molecule is Cc1ncc(S(=O)(=O)N(CC(N)=S)C2CCCC2)s1. The molecule has 1 aromatic heterocycles. The van der Waals surface area contributed by atoms with E-state index in [1.54, 1.807) is 6.92 Å². The topological polar surface area (TPSA) is 76.3 Å². The van der Waals surface area contributed by atoms with Gasteiger partial charge in [-0.25, -0.2) is 13.4 Å². The molecule has 0 saturated heterocycles. The molecular formula is C11H17N3O2S3. The zero-order valence-corrected chi connectivity index (χ0v) is 13.2. The Hall–Kier alpha value is -0.570. The Labute approximate surface area is 122 Å². The summed E-state index contributed by atoms with van der Waals surface area (Å²) >= 11 is 6.07. The van der Waals surface area contributed by atoms with E-state index < -0.39 is 10.0 Å². The molecule has 0 bridgehead atoms. The molecule has 1 aromatic rings. The van der Waals surface area contributed by atoms with E-state index in [-0.39, 0.29) is 21.8 Å². The van der Waals surface area contributed by atoms with Crippen LogP contribution in [-0.4, -0.2) is 35.3 Å². The highest BCUT2D eigenvalue weighted by Gasteiger charge is 2.34. The zero-order valence-electron chi connectivity index (χ0n) is 10.7. The number of aryl methyl sites for hydroxylation is 1. The first-order chi connectivity index (χ1) is 8.91. The summed E-state index contributed by atoms with van der Waals surface area (Å²) in [5, 5.41) is 0.736. The van der Waals surface area contributed by atoms with E-state index in [1.807, 2.05) is 0 Å². The Morgan fingerprint density at radius 3 is 2.68 bits per heavy atom. The van der Waals surface area contributed by atoms with E-state index in [0.29, 0.717) is 0 Å². The Bertz CT molecular complexity index is 561. The molecule has 0 unspecified atom stereocenters. The minimum Gasteiger partial charge on any atom is -0.392 e. The van der Waals surface area contributed by atoms with Gasteiger partial charge in [0.1, 0.15) is 0 Å². The standard InChI is InChI=1S/C11H17N3O2S3/c1-8-13-6-11(18-8)19(15,16)14(7-10(12)17)9-4-2-3-5-9/h6,9H,2-5,7H2,1H3,(H2,12,17). The van der Waals surface area contributed by atoms with Gasteiger partial charge in [-0.05, 0) is 19.8 Å². The normalized spacial score (nSPS) is 17.2. The third kappa shape index (κ3) is 3.31. The molecule has 1 heterocycles. The summed E-state index contributed by atoms with van der Waals surface area (Å²) in [4.78, 5) is 4.22. The average Bonchev–Trinajstić information content (AvgIpc) is 2.96. The molecule has 1 saturated carbocycles. The van der Waals surface area contributed by atoms with Crippen molar-refractivity contribution in [1.29, 1.82) is 0 Å². The molecule has 1 aliphatic carbocycles. The summed E-state index contributed by atoms with van der Waals surface area (Å²) in [5.74, 6) is 0. The predicted molar refractivity (Wildman–Crippen MR) is 79.8 cm³/mol. The molecule has 0 radical (unpaired) electrons. The molecule has 8 heteroatoms. The van der Waals surface area contributed by atoms with Crippen LogP contribution in [0.15, 0.2) is 10.4 Å². The van der Waals surface area contributed by atoms with Crippen molar-refractivity contribution in [3.8, 4) is 0 Å². The van der Waals surface area contributed by atoms with Crippen molar-refractivity contribution < 1.29 is 8.42 Å². The third-order valence-corrected chi connectivity index (χ3v) is 6.58. The van der Waals surface area contributed by atoms with Crippen LogP contribution in [0.5, 0.6) is 0 Å². The fourth-order valence-electron chi connectivity index (χ4n) is 2.33. The van der Waals surface area contributed by atoms with Crippen LogP contribution in [0.1, 0.15) is 30.7 Å². The molecule has 5 nitrogen and oxygen atoms in total. The second-order valence-electron chi connectivity index (χ2n) is 4.65. The van der Waals surface area contributed by atoms with Crippen molar-refractivity contribution in [3.63, 3.8) is 0 Å². The number of rotatable bonds is 5. The summed E-state index contributed by atoms with van der Waals surface area (Å²) in [7, 11) is -3.54. The summed E-state index contributed by atoms with van der Waals surface area (Å²) < 4.78 is 27.0. The van der Waals surface area contributed by atoms with Gasteiger partial charge < -0.3 is 5.73 Å². The van der Waals surface area contributed by atoms with E-state index in [0.717, 1.165) is 30.7 Å². The summed E-state index contributed by atoms with van der Waals surface area (Å²) in [6.45, 7) is 1.90. The molecular weight excluding hydrogens is 302 g/mol. The molecule has 0 aliphatic heterocycles. The first-order valence-corrected chi connectivity index (χ1v) is 8.80. The summed E-state index contributed by atoms with van der Waals surface area (Å²) in [6.07, 6.45) is 5.27. The van der Waals surface area contributed by atoms with Crippen molar-refractivity contribution in [3.05, 3.63) is 11.2 Å². The second kappa shape index (κ2) is 5.82. The molecule has 0 spiro atoms. The Morgan fingerprint density at radius 2 is 2.21 bits per heavy atom. The lowest BCUT2D eigenvalue weighted by atomic mass is 10.2. The Morgan fingerprint density at radius 1 is 1.58 bits per heavy atom. The van der Waals surface area contributed by atoms with Crippen LogP contribution in [0.3, 0.4) is 0 Å². The van der Waals surface area contributed by atoms with Crippen LogP contribution < -0.4 is 5.73 Å². The van der Waals surface area contributed by atoms with Crippen LogP contribution in [0.2, 0.25) is 0 Å². The molecule has 1 aliphatic rings. The number of hydrogen-bond acceptors (Lipinski definition) is 5. The number of nitrogens with two attached hydrogens (primary N) is 1. The lowest BCUT2D eigenvalue weighted by Crippen LogP contribution is -2.43. The van der Waals surface area contributed by atoms with Crippen molar-refractivity contribution >= 4 is 38.6 Å². The lowest BCUT2D eigenvalue weighted by molar-refractivity contribution is 0.356. The second-order valence-corrected chi connectivity index (χ2v) is 8.53. The van der Waals surface area contributed by atoms with Gasteiger partial charge in [0.25, 0.3) is 10.0 Å². The number of aromatic nitrogens is 1. The summed E-state index contributed by atoms with van der Waals surface area (Å²) in [6, 6.07) is 0.00825. The quantitative estimate of drug-likeness (QED) is 0.836. The molecule has 19 heavy (non-hydrogen) atoms. The molecule has 0 amide bonds. The van der Waals surface area contributed by atoms with Crippen LogP contribution in [0, 0.1) is 6.92 Å². The van der Waals surface area contributed by atoms with Crippen molar-refractivity contribution in [1.82, 2.24) is 9.29 Å². The highest BCUT2D eigenvalue weighted by atomic mass is 32.2.